The van der Waals surface area contributed by atoms with Crippen molar-refractivity contribution < 1.29 is 23.4 Å². The molecule has 0 aromatic carbocycles. The molecule has 20 heavy (non-hydrogen) atoms. The molecule has 0 bridgehead atoms. The van der Waals surface area contributed by atoms with E-state index in [4.69, 9.17) is 5.11 Å². The van der Waals surface area contributed by atoms with Gasteiger partial charge in [0.05, 0.1) is 11.5 Å². The summed E-state index contributed by atoms with van der Waals surface area (Å²) in [5, 5.41) is 19.0. The van der Waals surface area contributed by atoms with Gasteiger partial charge in [-0.3, -0.25) is 4.40 Å². The molecule has 2 N–H and O–H groups in total. The van der Waals surface area contributed by atoms with Gasteiger partial charge in [0.1, 0.15) is 17.1 Å². The fourth-order valence-corrected chi connectivity index (χ4v) is 4.32. The SMILES string of the molecule is O=C(O)c1nc(C2CCS(=O)(=O)C2)n2cccc(O)c12. The molecule has 0 radical (unpaired) electrons. The van der Waals surface area contributed by atoms with E-state index in [1.807, 2.05) is 0 Å². The van der Waals surface area contributed by atoms with Gasteiger partial charge >= 0.3 is 5.97 Å². The molecule has 8 heteroatoms. The Labute approximate surface area is 114 Å². The number of aromatic nitrogens is 2. The van der Waals surface area contributed by atoms with Crippen molar-refractivity contribution >= 4 is 21.3 Å². The first-order valence-electron chi connectivity index (χ1n) is 6.03. The summed E-state index contributed by atoms with van der Waals surface area (Å²) >= 11 is 0. The summed E-state index contributed by atoms with van der Waals surface area (Å²) in [6, 6.07) is 2.93. The van der Waals surface area contributed by atoms with Gasteiger partial charge in [0.2, 0.25) is 0 Å². The third kappa shape index (κ3) is 1.92. The fraction of sp³-hybridized carbons (Fsp3) is 0.333. The molecule has 2 aromatic heterocycles. The number of rotatable bonds is 2. The molecule has 0 saturated carbocycles. The lowest BCUT2D eigenvalue weighted by Gasteiger charge is -2.06. The first kappa shape index (κ1) is 12.9. The van der Waals surface area contributed by atoms with E-state index in [1.165, 1.54) is 10.5 Å². The molecule has 1 atom stereocenters. The molecule has 1 fully saturated rings. The lowest BCUT2D eigenvalue weighted by atomic mass is 10.1. The highest BCUT2D eigenvalue weighted by molar-refractivity contribution is 7.91. The number of carbonyl (C=O) groups is 1. The minimum atomic E-state index is -3.10. The van der Waals surface area contributed by atoms with Crippen molar-refractivity contribution in [1.29, 1.82) is 0 Å². The number of nitrogens with zero attached hydrogens (tertiary/aromatic N) is 2. The predicted molar refractivity (Wildman–Crippen MR) is 69.8 cm³/mol. The van der Waals surface area contributed by atoms with Crippen LogP contribution in [-0.4, -0.2) is 45.5 Å². The number of fused-ring (bicyclic) bond motifs is 1. The number of aromatic carboxylic acids is 1. The molecule has 7 nitrogen and oxygen atoms in total. The van der Waals surface area contributed by atoms with Crippen LogP contribution in [0.5, 0.6) is 5.75 Å². The van der Waals surface area contributed by atoms with Gasteiger partial charge in [-0.05, 0) is 18.6 Å². The van der Waals surface area contributed by atoms with Gasteiger partial charge in [-0.25, -0.2) is 18.2 Å². The maximum atomic E-state index is 11.6. The highest BCUT2D eigenvalue weighted by Gasteiger charge is 2.33. The zero-order valence-electron chi connectivity index (χ0n) is 10.4. The topological polar surface area (TPSA) is 109 Å². The summed E-state index contributed by atoms with van der Waals surface area (Å²) < 4.78 is 24.6. The van der Waals surface area contributed by atoms with Crippen LogP contribution >= 0.6 is 0 Å². The van der Waals surface area contributed by atoms with E-state index in [9.17, 15) is 18.3 Å². The highest BCUT2D eigenvalue weighted by atomic mass is 32.2. The molecular weight excluding hydrogens is 284 g/mol. The maximum absolute atomic E-state index is 11.6. The Bertz CT molecular complexity index is 809. The van der Waals surface area contributed by atoms with E-state index < -0.39 is 15.8 Å². The summed E-state index contributed by atoms with van der Waals surface area (Å²) in [6.07, 6.45) is 1.99. The van der Waals surface area contributed by atoms with Gasteiger partial charge in [0.25, 0.3) is 0 Å². The van der Waals surface area contributed by atoms with Crippen molar-refractivity contribution in [3.63, 3.8) is 0 Å². The summed E-state index contributed by atoms with van der Waals surface area (Å²) in [6.45, 7) is 0. The number of carboxylic acid groups (broad SMARTS) is 1. The van der Waals surface area contributed by atoms with E-state index >= 15 is 0 Å². The average Bonchev–Trinajstić information content (AvgIpc) is 2.90. The van der Waals surface area contributed by atoms with Crippen LogP contribution in [0.3, 0.4) is 0 Å². The second kappa shape index (κ2) is 4.20. The Hall–Kier alpha value is -2.09. The van der Waals surface area contributed by atoms with Crippen molar-refractivity contribution in [2.24, 2.45) is 0 Å². The summed E-state index contributed by atoms with van der Waals surface area (Å²) in [7, 11) is -3.10. The second-order valence-electron chi connectivity index (χ2n) is 4.84. The molecule has 0 aliphatic carbocycles. The van der Waals surface area contributed by atoms with E-state index in [0.717, 1.165) is 0 Å². The van der Waals surface area contributed by atoms with Gasteiger partial charge in [0, 0.05) is 12.1 Å². The van der Waals surface area contributed by atoms with E-state index in [-0.39, 0.29) is 34.4 Å². The van der Waals surface area contributed by atoms with Crippen molar-refractivity contribution in [1.82, 2.24) is 9.38 Å². The predicted octanol–water partition coefficient (Wildman–Crippen LogP) is 0.640. The van der Waals surface area contributed by atoms with Crippen LogP contribution in [0.25, 0.3) is 5.52 Å². The van der Waals surface area contributed by atoms with Crippen LogP contribution in [-0.2, 0) is 9.84 Å². The van der Waals surface area contributed by atoms with Gasteiger partial charge in [-0.15, -0.1) is 0 Å². The molecule has 2 aromatic rings. The minimum Gasteiger partial charge on any atom is -0.506 e. The van der Waals surface area contributed by atoms with Crippen molar-refractivity contribution in [2.75, 3.05) is 11.5 Å². The normalized spacial score (nSPS) is 21.3. The van der Waals surface area contributed by atoms with Crippen LogP contribution in [0.15, 0.2) is 18.3 Å². The number of hydrogen-bond acceptors (Lipinski definition) is 5. The molecule has 1 unspecified atom stereocenters. The number of pyridine rings is 1. The molecule has 3 rings (SSSR count). The third-order valence-electron chi connectivity index (χ3n) is 3.47. The maximum Gasteiger partial charge on any atom is 0.356 e. The second-order valence-corrected chi connectivity index (χ2v) is 7.06. The average molecular weight is 296 g/mol. The Morgan fingerprint density at radius 1 is 1.45 bits per heavy atom. The Balaban J connectivity index is 2.22. The fourth-order valence-electron chi connectivity index (χ4n) is 2.58. The van der Waals surface area contributed by atoms with Crippen LogP contribution in [0.4, 0.5) is 0 Å². The quantitative estimate of drug-likeness (QED) is 0.841. The van der Waals surface area contributed by atoms with Gasteiger partial charge < -0.3 is 10.2 Å². The van der Waals surface area contributed by atoms with E-state index in [1.54, 1.807) is 12.3 Å². The Kier molecular flexibility index (Phi) is 2.72. The van der Waals surface area contributed by atoms with Crippen molar-refractivity contribution in [2.45, 2.75) is 12.3 Å². The number of sulfone groups is 1. The first-order chi connectivity index (χ1) is 9.39. The highest BCUT2D eigenvalue weighted by Crippen LogP contribution is 2.32. The number of hydrogen-bond donors (Lipinski definition) is 2. The molecular formula is C12H12N2O5S. The number of aromatic hydroxyl groups is 1. The first-order valence-corrected chi connectivity index (χ1v) is 7.85. The molecule has 0 spiro atoms. The molecule has 1 aliphatic rings. The zero-order chi connectivity index (χ0) is 14.5. The summed E-state index contributed by atoms with van der Waals surface area (Å²) in [4.78, 5) is 15.3. The molecule has 3 heterocycles. The van der Waals surface area contributed by atoms with E-state index in [2.05, 4.69) is 4.98 Å². The molecule has 106 valence electrons. The Morgan fingerprint density at radius 3 is 2.80 bits per heavy atom. The number of carboxylic acids is 1. The van der Waals surface area contributed by atoms with E-state index in [0.29, 0.717) is 12.2 Å². The van der Waals surface area contributed by atoms with Crippen LogP contribution < -0.4 is 0 Å². The van der Waals surface area contributed by atoms with Crippen molar-refractivity contribution in [3.05, 3.63) is 29.8 Å². The van der Waals surface area contributed by atoms with Crippen LogP contribution in [0, 0.1) is 0 Å². The van der Waals surface area contributed by atoms with Crippen LogP contribution in [0.2, 0.25) is 0 Å². The lowest BCUT2D eigenvalue weighted by molar-refractivity contribution is 0.0692. The molecule has 1 saturated heterocycles. The largest absolute Gasteiger partial charge is 0.506 e. The van der Waals surface area contributed by atoms with Crippen LogP contribution in [0.1, 0.15) is 28.7 Å². The van der Waals surface area contributed by atoms with Gasteiger partial charge in [-0.2, -0.15) is 0 Å². The lowest BCUT2D eigenvalue weighted by Crippen LogP contribution is -2.07. The van der Waals surface area contributed by atoms with Gasteiger partial charge in [-0.1, -0.05) is 0 Å². The summed E-state index contributed by atoms with van der Waals surface area (Å²) in [5.74, 6) is -1.38. The Morgan fingerprint density at radius 2 is 2.20 bits per heavy atom. The minimum absolute atomic E-state index is 0.0408. The van der Waals surface area contributed by atoms with Gasteiger partial charge in [0.15, 0.2) is 15.5 Å². The molecule has 0 amide bonds. The van der Waals surface area contributed by atoms with Crippen molar-refractivity contribution in [3.8, 4) is 5.75 Å². The number of imidazole rings is 1. The monoisotopic (exact) mass is 296 g/mol. The smallest absolute Gasteiger partial charge is 0.356 e. The molecule has 1 aliphatic heterocycles. The summed E-state index contributed by atoms with van der Waals surface area (Å²) in [5.41, 5.74) is -0.165. The standard InChI is InChI=1S/C12H12N2O5S/c15-8-2-1-4-14-10(8)9(12(16)17)13-11(14)7-3-5-20(18,19)6-7/h1-2,4,7,15H,3,5-6H2,(H,16,17). The third-order valence-corrected chi connectivity index (χ3v) is 5.24. The zero-order valence-corrected chi connectivity index (χ0v) is 11.2.